The van der Waals surface area contributed by atoms with E-state index >= 15 is 0 Å². The molecule has 5 heteroatoms. The molecule has 0 aliphatic carbocycles. The van der Waals surface area contributed by atoms with Crippen molar-refractivity contribution in [2.24, 2.45) is 0 Å². The highest BCUT2D eigenvalue weighted by Gasteiger charge is 2.16. The molecule has 0 saturated carbocycles. The molecule has 0 aliphatic rings. The predicted octanol–water partition coefficient (Wildman–Crippen LogP) is 3.72. The minimum absolute atomic E-state index is 0.0284. The summed E-state index contributed by atoms with van der Waals surface area (Å²) in [5.74, 6) is 0.896. The van der Waals surface area contributed by atoms with Crippen molar-refractivity contribution < 1.29 is 9.66 Å². The van der Waals surface area contributed by atoms with E-state index in [4.69, 9.17) is 4.74 Å². The Labute approximate surface area is 123 Å². The molecule has 0 atom stereocenters. The van der Waals surface area contributed by atoms with Gasteiger partial charge < -0.3 is 10.1 Å². The smallest absolute Gasteiger partial charge is 0.311 e. The van der Waals surface area contributed by atoms with Crippen LogP contribution in [-0.4, -0.2) is 12.0 Å². The van der Waals surface area contributed by atoms with Crippen molar-refractivity contribution >= 4 is 5.69 Å². The number of nitro benzene ring substituents is 1. The third kappa shape index (κ3) is 3.58. The van der Waals surface area contributed by atoms with Gasteiger partial charge in [0.25, 0.3) is 0 Å². The lowest BCUT2D eigenvalue weighted by molar-refractivity contribution is -0.385. The van der Waals surface area contributed by atoms with Crippen LogP contribution in [0.2, 0.25) is 0 Å². The van der Waals surface area contributed by atoms with Gasteiger partial charge in [0.15, 0.2) is 0 Å². The number of hydrogen-bond acceptors (Lipinski definition) is 4. The summed E-state index contributed by atoms with van der Waals surface area (Å²) in [6.07, 6.45) is 0. The molecule has 0 heterocycles. The fraction of sp³-hybridized carbons (Fsp3) is 0.250. The molecule has 2 aromatic rings. The summed E-state index contributed by atoms with van der Waals surface area (Å²) in [4.78, 5) is 10.6. The first-order chi connectivity index (χ1) is 10.0. The van der Waals surface area contributed by atoms with Crippen LogP contribution in [0.5, 0.6) is 11.5 Å². The number of aryl methyl sites for hydroxylation is 2. The van der Waals surface area contributed by atoms with E-state index in [2.05, 4.69) is 5.32 Å². The van der Waals surface area contributed by atoms with Gasteiger partial charge in [0.05, 0.1) is 4.92 Å². The number of nitro groups is 1. The molecule has 0 bridgehead atoms. The molecule has 0 spiro atoms. The van der Waals surface area contributed by atoms with E-state index in [0.717, 1.165) is 23.2 Å². The van der Waals surface area contributed by atoms with E-state index < -0.39 is 4.92 Å². The van der Waals surface area contributed by atoms with E-state index in [0.29, 0.717) is 5.75 Å². The van der Waals surface area contributed by atoms with Crippen LogP contribution >= 0.6 is 0 Å². The van der Waals surface area contributed by atoms with E-state index in [-0.39, 0.29) is 11.4 Å². The average molecular weight is 286 g/mol. The van der Waals surface area contributed by atoms with E-state index in [1.807, 2.05) is 39.1 Å². The lowest BCUT2D eigenvalue weighted by Gasteiger charge is -2.11. The molecule has 0 aliphatic heterocycles. The van der Waals surface area contributed by atoms with Gasteiger partial charge in [-0.05, 0) is 49.7 Å². The maximum absolute atomic E-state index is 11.1. The third-order valence-corrected chi connectivity index (χ3v) is 3.15. The molecular formula is C16H18N2O3. The molecule has 110 valence electrons. The summed E-state index contributed by atoms with van der Waals surface area (Å²) < 4.78 is 5.75. The standard InChI is InChI=1S/C16H18N2O3/c1-11-4-6-14(18(19)20)16(8-11)21-15-7-5-13(10-17-3)9-12(15)2/h4-9,17H,10H2,1-3H3. The molecule has 5 nitrogen and oxygen atoms in total. The van der Waals surface area contributed by atoms with Crippen LogP contribution in [0.25, 0.3) is 0 Å². The molecule has 0 radical (unpaired) electrons. The van der Waals surface area contributed by atoms with Gasteiger partial charge in [0, 0.05) is 12.6 Å². The first kappa shape index (κ1) is 15.0. The number of rotatable bonds is 5. The summed E-state index contributed by atoms with van der Waals surface area (Å²) in [6.45, 7) is 4.57. The first-order valence-electron chi connectivity index (χ1n) is 6.68. The molecule has 2 rings (SSSR count). The Morgan fingerprint density at radius 2 is 1.90 bits per heavy atom. The van der Waals surface area contributed by atoms with Crippen LogP contribution in [-0.2, 0) is 6.54 Å². The van der Waals surface area contributed by atoms with Crippen LogP contribution in [0.3, 0.4) is 0 Å². The number of nitrogens with one attached hydrogen (secondary N) is 1. The number of nitrogens with zero attached hydrogens (tertiary/aromatic N) is 1. The zero-order chi connectivity index (χ0) is 15.4. The van der Waals surface area contributed by atoms with Crippen molar-refractivity contribution in [3.8, 4) is 11.5 Å². The SMILES string of the molecule is CNCc1ccc(Oc2cc(C)ccc2[N+](=O)[O-])c(C)c1. The molecule has 0 amide bonds. The second-order valence-electron chi connectivity index (χ2n) is 4.96. The Hall–Kier alpha value is -2.40. The van der Waals surface area contributed by atoms with Gasteiger partial charge >= 0.3 is 5.69 Å². The molecule has 0 unspecified atom stereocenters. The molecule has 21 heavy (non-hydrogen) atoms. The predicted molar refractivity (Wildman–Crippen MR) is 81.9 cm³/mol. The quantitative estimate of drug-likeness (QED) is 0.672. The maximum atomic E-state index is 11.1. The summed E-state index contributed by atoms with van der Waals surface area (Å²) in [5.41, 5.74) is 2.97. The molecule has 0 saturated heterocycles. The number of hydrogen-bond donors (Lipinski definition) is 1. The van der Waals surface area contributed by atoms with Crippen molar-refractivity contribution in [1.29, 1.82) is 0 Å². The van der Waals surface area contributed by atoms with Crippen LogP contribution in [0, 0.1) is 24.0 Å². The van der Waals surface area contributed by atoms with Gasteiger partial charge in [-0.1, -0.05) is 18.2 Å². The highest BCUT2D eigenvalue weighted by atomic mass is 16.6. The average Bonchev–Trinajstić information content (AvgIpc) is 2.42. The summed E-state index contributed by atoms with van der Waals surface area (Å²) in [5, 5.41) is 14.1. The van der Waals surface area contributed by atoms with Crippen molar-refractivity contribution in [3.63, 3.8) is 0 Å². The van der Waals surface area contributed by atoms with Crippen LogP contribution < -0.4 is 10.1 Å². The summed E-state index contributed by atoms with van der Waals surface area (Å²) in [6, 6.07) is 10.6. The Morgan fingerprint density at radius 3 is 2.52 bits per heavy atom. The van der Waals surface area contributed by atoms with Gasteiger partial charge in [-0.3, -0.25) is 10.1 Å². The fourth-order valence-electron chi connectivity index (χ4n) is 2.11. The molecular weight excluding hydrogens is 268 g/mol. The Kier molecular flexibility index (Phi) is 4.55. The topological polar surface area (TPSA) is 64.4 Å². The second-order valence-corrected chi connectivity index (χ2v) is 4.96. The summed E-state index contributed by atoms with van der Waals surface area (Å²) >= 11 is 0. The monoisotopic (exact) mass is 286 g/mol. The van der Waals surface area contributed by atoms with E-state index in [9.17, 15) is 10.1 Å². The Balaban J connectivity index is 2.34. The van der Waals surface area contributed by atoms with Crippen LogP contribution in [0.15, 0.2) is 36.4 Å². The van der Waals surface area contributed by atoms with Crippen LogP contribution in [0.1, 0.15) is 16.7 Å². The maximum Gasteiger partial charge on any atom is 0.311 e. The van der Waals surface area contributed by atoms with Gasteiger partial charge in [-0.2, -0.15) is 0 Å². The third-order valence-electron chi connectivity index (χ3n) is 3.15. The van der Waals surface area contributed by atoms with Gasteiger partial charge in [0.1, 0.15) is 5.75 Å². The highest BCUT2D eigenvalue weighted by Crippen LogP contribution is 2.33. The zero-order valence-electron chi connectivity index (χ0n) is 12.3. The molecule has 0 aromatic heterocycles. The van der Waals surface area contributed by atoms with Crippen LogP contribution in [0.4, 0.5) is 5.69 Å². The fourth-order valence-corrected chi connectivity index (χ4v) is 2.11. The molecule has 1 N–H and O–H groups in total. The minimum Gasteiger partial charge on any atom is -0.450 e. The summed E-state index contributed by atoms with van der Waals surface area (Å²) in [7, 11) is 1.88. The van der Waals surface area contributed by atoms with Crippen molar-refractivity contribution in [2.75, 3.05) is 7.05 Å². The molecule has 2 aromatic carbocycles. The minimum atomic E-state index is -0.431. The number of ether oxygens (including phenoxy) is 1. The van der Waals surface area contributed by atoms with E-state index in [1.54, 1.807) is 12.1 Å². The molecule has 0 fully saturated rings. The van der Waals surface area contributed by atoms with Crippen molar-refractivity contribution in [1.82, 2.24) is 5.32 Å². The second kappa shape index (κ2) is 6.37. The van der Waals surface area contributed by atoms with Gasteiger partial charge in [-0.25, -0.2) is 0 Å². The number of benzene rings is 2. The lowest BCUT2D eigenvalue weighted by atomic mass is 10.1. The van der Waals surface area contributed by atoms with Crippen molar-refractivity contribution in [2.45, 2.75) is 20.4 Å². The highest BCUT2D eigenvalue weighted by molar-refractivity contribution is 5.51. The first-order valence-corrected chi connectivity index (χ1v) is 6.68. The van der Waals surface area contributed by atoms with Gasteiger partial charge in [0.2, 0.25) is 5.75 Å². The normalized spacial score (nSPS) is 10.4. The van der Waals surface area contributed by atoms with Gasteiger partial charge in [-0.15, -0.1) is 0 Å². The largest absolute Gasteiger partial charge is 0.450 e. The Morgan fingerprint density at radius 1 is 1.14 bits per heavy atom. The zero-order valence-corrected chi connectivity index (χ0v) is 12.3. The van der Waals surface area contributed by atoms with Crippen molar-refractivity contribution in [3.05, 3.63) is 63.2 Å². The Bertz CT molecular complexity index is 669. The van der Waals surface area contributed by atoms with E-state index in [1.165, 1.54) is 6.07 Å². The lowest BCUT2D eigenvalue weighted by Crippen LogP contribution is -2.05.